The monoisotopic (exact) mass is 267 g/mol. The molecule has 0 fully saturated rings. The number of ether oxygens (including phenoxy) is 1. The van der Waals surface area contributed by atoms with Crippen molar-refractivity contribution in [2.45, 2.75) is 36.5 Å². The predicted octanol–water partition coefficient (Wildman–Crippen LogP) is 2.27. The molecule has 1 amide bonds. The number of thioether (sulfide) groups is 1. The van der Waals surface area contributed by atoms with Crippen LogP contribution in [0, 0.1) is 0 Å². The smallest absolute Gasteiger partial charge is 0.265 e. The number of hydrogen-bond acceptors (Lipinski definition) is 4. The summed E-state index contributed by atoms with van der Waals surface area (Å²) in [4.78, 5) is 12.5. The average Bonchev–Trinajstić information content (AvgIpc) is 2.31. The van der Waals surface area contributed by atoms with Crippen LogP contribution in [0.15, 0.2) is 23.1 Å². The van der Waals surface area contributed by atoms with E-state index < -0.39 is 6.10 Å². The van der Waals surface area contributed by atoms with E-state index in [1.807, 2.05) is 32.0 Å². The Bertz CT molecular complexity index is 473. The van der Waals surface area contributed by atoms with Crippen molar-refractivity contribution in [3.63, 3.8) is 0 Å². The summed E-state index contributed by atoms with van der Waals surface area (Å²) in [6, 6.07) is 5.66. The molecule has 18 heavy (non-hydrogen) atoms. The molecule has 2 N–H and O–H groups in total. The summed E-state index contributed by atoms with van der Waals surface area (Å²) >= 11 is 1.56. The van der Waals surface area contributed by atoms with Gasteiger partial charge in [-0.3, -0.25) is 4.79 Å². The van der Waals surface area contributed by atoms with Gasteiger partial charge in [0, 0.05) is 9.64 Å². The zero-order chi connectivity index (χ0) is 13.3. The number of fused-ring (bicyclic) bond motifs is 1. The Morgan fingerprint density at radius 2 is 2.22 bits per heavy atom. The summed E-state index contributed by atoms with van der Waals surface area (Å²) in [6.45, 7) is 5.74. The summed E-state index contributed by atoms with van der Waals surface area (Å²) in [5.41, 5.74) is 0.692. The number of rotatable bonds is 3. The lowest BCUT2D eigenvalue weighted by atomic mass is 10.2. The number of carbonyl (C=O) groups is 1. The Hall–Kier alpha value is -1.20. The van der Waals surface area contributed by atoms with Crippen LogP contribution in [-0.2, 0) is 4.79 Å². The molecule has 1 aliphatic rings. The van der Waals surface area contributed by atoms with Gasteiger partial charge in [-0.1, -0.05) is 0 Å². The van der Waals surface area contributed by atoms with Gasteiger partial charge in [-0.2, -0.15) is 0 Å². The number of aliphatic hydroxyl groups is 1. The van der Waals surface area contributed by atoms with Crippen LogP contribution in [-0.4, -0.2) is 28.5 Å². The van der Waals surface area contributed by atoms with Gasteiger partial charge in [-0.05, 0) is 39.0 Å². The van der Waals surface area contributed by atoms with E-state index in [1.165, 1.54) is 0 Å². The molecule has 1 unspecified atom stereocenters. The second-order valence-electron chi connectivity index (χ2n) is 4.93. The SMILES string of the molecule is CC1Oc2ccc(SC(C)(C)CO)cc2NC1=O. The minimum absolute atomic E-state index is 0.0919. The first-order valence-electron chi connectivity index (χ1n) is 5.83. The Morgan fingerprint density at radius 3 is 2.89 bits per heavy atom. The predicted molar refractivity (Wildman–Crippen MR) is 72.2 cm³/mol. The Balaban J connectivity index is 2.23. The Labute approximate surface area is 111 Å². The number of amides is 1. The summed E-state index contributed by atoms with van der Waals surface area (Å²) in [7, 11) is 0. The molecule has 1 aliphatic heterocycles. The second kappa shape index (κ2) is 4.82. The average molecular weight is 267 g/mol. The van der Waals surface area contributed by atoms with Crippen LogP contribution < -0.4 is 10.1 Å². The van der Waals surface area contributed by atoms with Crippen molar-refractivity contribution in [3.05, 3.63) is 18.2 Å². The summed E-state index contributed by atoms with van der Waals surface area (Å²) in [5.74, 6) is 0.555. The molecular formula is C13H17NO3S. The molecule has 0 aliphatic carbocycles. The maximum Gasteiger partial charge on any atom is 0.265 e. The minimum Gasteiger partial charge on any atom is -0.479 e. The van der Waals surface area contributed by atoms with Gasteiger partial charge in [0.05, 0.1) is 12.3 Å². The lowest BCUT2D eigenvalue weighted by Gasteiger charge is -2.25. The van der Waals surface area contributed by atoms with Gasteiger partial charge in [0.2, 0.25) is 0 Å². The number of aliphatic hydroxyl groups excluding tert-OH is 1. The zero-order valence-corrected chi connectivity index (χ0v) is 11.5. The molecule has 1 heterocycles. The summed E-state index contributed by atoms with van der Waals surface area (Å²) in [6.07, 6.45) is -0.454. The van der Waals surface area contributed by atoms with Crippen molar-refractivity contribution in [1.29, 1.82) is 0 Å². The van der Waals surface area contributed by atoms with Gasteiger partial charge in [-0.15, -0.1) is 11.8 Å². The molecule has 5 heteroatoms. The largest absolute Gasteiger partial charge is 0.479 e. The van der Waals surface area contributed by atoms with E-state index in [0.29, 0.717) is 11.4 Å². The Morgan fingerprint density at radius 1 is 1.50 bits per heavy atom. The Kier molecular flexibility index (Phi) is 3.54. The van der Waals surface area contributed by atoms with Gasteiger partial charge >= 0.3 is 0 Å². The van der Waals surface area contributed by atoms with Crippen LogP contribution in [0.25, 0.3) is 0 Å². The van der Waals surface area contributed by atoms with Gasteiger partial charge in [0.25, 0.3) is 5.91 Å². The fraction of sp³-hybridized carbons (Fsp3) is 0.462. The summed E-state index contributed by atoms with van der Waals surface area (Å²) in [5, 5.41) is 12.1. The minimum atomic E-state index is -0.454. The van der Waals surface area contributed by atoms with Crippen LogP contribution in [0.4, 0.5) is 5.69 Å². The van der Waals surface area contributed by atoms with Crippen LogP contribution >= 0.6 is 11.8 Å². The third kappa shape index (κ3) is 2.79. The van der Waals surface area contributed by atoms with Crippen molar-refractivity contribution in [1.82, 2.24) is 0 Å². The molecular weight excluding hydrogens is 250 g/mol. The molecule has 0 radical (unpaired) electrons. The lowest BCUT2D eigenvalue weighted by Crippen LogP contribution is -2.34. The standard InChI is InChI=1S/C13H17NO3S/c1-8-12(16)14-10-6-9(4-5-11(10)17-8)18-13(2,3)7-15/h4-6,8,15H,7H2,1-3H3,(H,14,16). The van der Waals surface area contributed by atoms with E-state index in [-0.39, 0.29) is 17.3 Å². The molecule has 0 aromatic heterocycles. The molecule has 1 atom stereocenters. The quantitative estimate of drug-likeness (QED) is 0.825. The maximum atomic E-state index is 11.5. The van der Waals surface area contributed by atoms with Gasteiger partial charge in [0.15, 0.2) is 6.10 Å². The lowest BCUT2D eigenvalue weighted by molar-refractivity contribution is -0.122. The topological polar surface area (TPSA) is 58.6 Å². The van der Waals surface area contributed by atoms with Crippen molar-refractivity contribution in [3.8, 4) is 5.75 Å². The number of nitrogens with one attached hydrogen (secondary N) is 1. The second-order valence-corrected chi connectivity index (χ2v) is 6.71. The van der Waals surface area contributed by atoms with E-state index in [2.05, 4.69) is 5.32 Å². The van der Waals surface area contributed by atoms with E-state index >= 15 is 0 Å². The number of benzene rings is 1. The highest BCUT2D eigenvalue weighted by molar-refractivity contribution is 8.00. The van der Waals surface area contributed by atoms with E-state index in [4.69, 9.17) is 4.74 Å². The first-order chi connectivity index (χ1) is 8.41. The van der Waals surface area contributed by atoms with Crippen molar-refractivity contribution >= 4 is 23.4 Å². The third-order valence-electron chi connectivity index (χ3n) is 2.66. The first kappa shape index (κ1) is 13.2. The molecule has 0 bridgehead atoms. The van der Waals surface area contributed by atoms with Crippen molar-refractivity contribution in [2.75, 3.05) is 11.9 Å². The van der Waals surface area contributed by atoms with Gasteiger partial charge < -0.3 is 15.2 Å². The fourth-order valence-corrected chi connectivity index (χ4v) is 2.62. The number of carbonyl (C=O) groups excluding carboxylic acids is 1. The first-order valence-corrected chi connectivity index (χ1v) is 6.64. The fourth-order valence-electron chi connectivity index (χ4n) is 1.60. The van der Waals surface area contributed by atoms with Gasteiger partial charge in [-0.25, -0.2) is 0 Å². The molecule has 1 aromatic rings. The van der Waals surface area contributed by atoms with E-state index in [0.717, 1.165) is 4.90 Å². The van der Waals surface area contributed by atoms with E-state index in [1.54, 1.807) is 18.7 Å². The van der Waals surface area contributed by atoms with Crippen molar-refractivity contribution in [2.24, 2.45) is 0 Å². The molecule has 4 nitrogen and oxygen atoms in total. The highest BCUT2D eigenvalue weighted by Gasteiger charge is 2.25. The number of hydrogen-bond donors (Lipinski definition) is 2. The van der Waals surface area contributed by atoms with Crippen LogP contribution in [0.5, 0.6) is 5.75 Å². The van der Waals surface area contributed by atoms with Crippen LogP contribution in [0.2, 0.25) is 0 Å². The van der Waals surface area contributed by atoms with Crippen molar-refractivity contribution < 1.29 is 14.6 Å². The molecule has 2 rings (SSSR count). The molecule has 98 valence electrons. The highest BCUT2D eigenvalue weighted by Crippen LogP contribution is 2.38. The summed E-state index contributed by atoms with van der Waals surface area (Å²) < 4.78 is 5.24. The highest BCUT2D eigenvalue weighted by atomic mass is 32.2. The molecule has 0 saturated heterocycles. The van der Waals surface area contributed by atoms with Gasteiger partial charge in [0.1, 0.15) is 5.75 Å². The van der Waals surface area contributed by atoms with Crippen LogP contribution in [0.1, 0.15) is 20.8 Å². The van der Waals surface area contributed by atoms with E-state index in [9.17, 15) is 9.90 Å². The molecule has 0 saturated carbocycles. The normalized spacial score (nSPS) is 18.9. The van der Waals surface area contributed by atoms with Crippen LogP contribution in [0.3, 0.4) is 0 Å². The maximum absolute atomic E-state index is 11.5. The molecule has 0 spiro atoms. The molecule has 1 aromatic carbocycles. The zero-order valence-electron chi connectivity index (χ0n) is 10.7. The third-order valence-corrected chi connectivity index (χ3v) is 3.83. The number of anilines is 1.